The zero-order valence-corrected chi connectivity index (χ0v) is 16.9. The molecule has 0 amide bonds. The fraction of sp³-hybridized carbons (Fsp3) is 0.368. The van der Waals surface area contributed by atoms with Gasteiger partial charge < -0.3 is 9.79 Å². The van der Waals surface area contributed by atoms with Crippen LogP contribution < -0.4 is 0 Å². The van der Waals surface area contributed by atoms with Crippen molar-refractivity contribution >= 4 is 28.5 Å². The Morgan fingerprint density at radius 1 is 1.15 bits per heavy atom. The monoisotopic (exact) mass is 412 g/mol. The van der Waals surface area contributed by atoms with Gasteiger partial charge in [0.2, 0.25) is 0 Å². The summed E-state index contributed by atoms with van der Waals surface area (Å²) in [5.41, 5.74) is 2.36. The Kier molecular flexibility index (Phi) is 7.37. The summed E-state index contributed by atoms with van der Waals surface area (Å²) in [7, 11) is -9.66. The number of aryl methyl sites for hydroxylation is 1. The van der Waals surface area contributed by atoms with Crippen molar-refractivity contribution in [2.24, 2.45) is 0 Å². The number of hydrogen-bond donors (Lipinski definition) is 3. The van der Waals surface area contributed by atoms with E-state index in [4.69, 9.17) is 14.3 Å². The van der Waals surface area contributed by atoms with Crippen molar-refractivity contribution < 1.29 is 27.3 Å². The highest BCUT2D eigenvalue weighted by atomic mass is 32.2. The molecule has 1 unspecified atom stereocenters. The average Bonchev–Trinajstić information content (AvgIpc) is 2.57. The molecule has 27 heavy (non-hydrogen) atoms. The molecular weight excluding hydrogens is 387 g/mol. The van der Waals surface area contributed by atoms with E-state index in [9.17, 15) is 13.0 Å². The van der Waals surface area contributed by atoms with Gasteiger partial charge in [0.25, 0.3) is 10.1 Å². The minimum Gasteiger partial charge on any atom is -0.323 e. The molecule has 3 N–H and O–H groups in total. The van der Waals surface area contributed by atoms with E-state index < -0.39 is 22.7 Å². The van der Waals surface area contributed by atoms with Gasteiger partial charge in [-0.2, -0.15) is 8.42 Å². The summed E-state index contributed by atoms with van der Waals surface area (Å²) >= 11 is 0. The Balaban J connectivity index is 1.85. The lowest BCUT2D eigenvalue weighted by Gasteiger charge is -2.14. The van der Waals surface area contributed by atoms with Crippen LogP contribution in [0.4, 0.5) is 0 Å². The van der Waals surface area contributed by atoms with Crippen LogP contribution in [0.1, 0.15) is 38.2 Å². The largest absolute Gasteiger partial charge is 0.346 e. The third-order valence-corrected chi connectivity index (χ3v) is 8.04. The van der Waals surface area contributed by atoms with Crippen LogP contribution in [0.5, 0.6) is 0 Å². The van der Waals surface area contributed by atoms with Crippen molar-refractivity contribution in [1.82, 2.24) is 0 Å². The third kappa shape index (κ3) is 6.87. The van der Waals surface area contributed by atoms with Gasteiger partial charge in [-0.1, -0.05) is 54.1 Å². The summed E-state index contributed by atoms with van der Waals surface area (Å²) in [5.74, 6) is 0. The molecule has 0 aliphatic heterocycles. The highest BCUT2D eigenvalue weighted by molar-refractivity contribution is 7.93. The van der Waals surface area contributed by atoms with Crippen LogP contribution in [0.25, 0.3) is 10.8 Å². The minimum atomic E-state index is -4.89. The van der Waals surface area contributed by atoms with E-state index in [1.807, 2.05) is 25.1 Å². The van der Waals surface area contributed by atoms with Crippen LogP contribution in [0.3, 0.4) is 0 Å². The molecule has 0 aromatic heterocycles. The van der Waals surface area contributed by atoms with Gasteiger partial charge in [0.15, 0.2) is 4.99 Å². The van der Waals surface area contributed by atoms with Crippen LogP contribution in [0.2, 0.25) is 0 Å². The predicted octanol–water partition coefficient (Wildman–Crippen LogP) is 4.28. The van der Waals surface area contributed by atoms with Crippen LogP contribution in [-0.2, 0) is 21.1 Å². The van der Waals surface area contributed by atoms with E-state index in [0.717, 1.165) is 18.4 Å². The molecule has 0 bridgehead atoms. The predicted molar refractivity (Wildman–Crippen MR) is 107 cm³/mol. The Morgan fingerprint density at radius 3 is 2.44 bits per heavy atom. The third-order valence-electron chi connectivity index (χ3n) is 4.49. The molecule has 8 heteroatoms. The summed E-state index contributed by atoms with van der Waals surface area (Å²) in [4.78, 5) is 16.1. The van der Waals surface area contributed by atoms with Crippen LogP contribution in [-0.4, -0.2) is 27.7 Å². The van der Waals surface area contributed by atoms with Crippen molar-refractivity contribution in [2.45, 2.75) is 44.0 Å². The highest BCUT2D eigenvalue weighted by Crippen LogP contribution is 2.46. The number of rotatable bonds is 9. The summed E-state index contributed by atoms with van der Waals surface area (Å²) in [6.07, 6.45) is 4.15. The Bertz CT molecular complexity index is 961. The van der Waals surface area contributed by atoms with Crippen LogP contribution in [0, 0.1) is 0 Å². The maximum absolute atomic E-state index is 11.2. The van der Waals surface area contributed by atoms with Gasteiger partial charge >= 0.3 is 7.60 Å². The number of unbranched alkanes of at least 4 members (excludes halogenated alkanes) is 1. The number of allylic oxidation sites excluding steroid dienone is 2. The second kappa shape index (κ2) is 9.13. The van der Waals surface area contributed by atoms with E-state index >= 15 is 0 Å². The Hall–Kier alpha value is -1.50. The molecule has 0 radical (unpaired) electrons. The molecule has 0 fully saturated rings. The summed E-state index contributed by atoms with van der Waals surface area (Å²) in [5, 5.41) is 2.40. The maximum Gasteiger partial charge on any atom is 0.346 e. The number of benzene rings is 2. The minimum absolute atomic E-state index is 0.267. The van der Waals surface area contributed by atoms with E-state index in [1.165, 1.54) is 16.3 Å². The summed E-state index contributed by atoms with van der Waals surface area (Å²) in [6, 6.07) is 14.5. The summed E-state index contributed by atoms with van der Waals surface area (Å²) in [6.45, 7) is 1.98. The molecule has 2 aromatic rings. The zero-order valence-electron chi connectivity index (χ0n) is 15.2. The number of hydrogen-bond acceptors (Lipinski definition) is 3. The van der Waals surface area contributed by atoms with Crippen molar-refractivity contribution in [3.05, 3.63) is 59.7 Å². The Labute approximate surface area is 159 Å². The molecule has 0 aliphatic carbocycles. The molecule has 2 rings (SSSR count). The van der Waals surface area contributed by atoms with E-state index in [0.29, 0.717) is 6.42 Å². The maximum atomic E-state index is 11.2. The zero-order chi connectivity index (χ0) is 20.1. The molecule has 0 saturated carbocycles. The normalized spacial score (nSPS) is 14.4. The lowest BCUT2D eigenvalue weighted by atomic mass is 10.0. The van der Waals surface area contributed by atoms with Crippen molar-refractivity contribution in [3.63, 3.8) is 0 Å². The lowest BCUT2D eigenvalue weighted by molar-refractivity contribution is 0.360. The molecule has 0 aliphatic rings. The second-order valence-electron chi connectivity index (χ2n) is 6.72. The van der Waals surface area contributed by atoms with Gasteiger partial charge in [-0.05, 0) is 55.4 Å². The van der Waals surface area contributed by atoms with E-state index in [-0.39, 0.29) is 12.8 Å². The lowest BCUT2D eigenvalue weighted by Crippen LogP contribution is -2.20. The molecule has 2 aromatic carbocycles. The molecule has 148 valence electrons. The topological polar surface area (TPSA) is 112 Å². The van der Waals surface area contributed by atoms with Gasteiger partial charge in [0, 0.05) is 0 Å². The van der Waals surface area contributed by atoms with Crippen LogP contribution >= 0.6 is 7.60 Å². The standard InChI is InChI=1S/C19H25O6PS/c1-15(6-2-5-9-19(26(20,21)22)27(23,24)25)10-11-16-12-13-17-7-3-4-8-18(17)14-16/h3-4,6-8,12-14,19H,2,5,9-11H2,1H3,(H2,20,21,22)(H,23,24,25)/b15-6+. The van der Waals surface area contributed by atoms with Gasteiger partial charge in [0.05, 0.1) is 0 Å². The quantitative estimate of drug-likeness (QED) is 0.245. The first-order chi connectivity index (χ1) is 12.6. The average molecular weight is 412 g/mol. The van der Waals surface area contributed by atoms with Crippen molar-refractivity contribution in [1.29, 1.82) is 0 Å². The number of fused-ring (bicyclic) bond motifs is 1. The molecule has 0 spiro atoms. The molecule has 0 heterocycles. The van der Waals surface area contributed by atoms with Crippen LogP contribution in [0.15, 0.2) is 54.1 Å². The fourth-order valence-corrected chi connectivity index (χ4v) is 5.34. The smallest absolute Gasteiger partial charge is 0.323 e. The summed E-state index contributed by atoms with van der Waals surface area (Å²) < 4.78 is 42.4. The molecule has 1 atom stereocenters. The van der Waals surface area contributed by atoms with E-state index in [2.05, 4.69) is 30.3 Å². The van der Waals surface area contributed by atoms with Crippen molar-refractivity contribution in [2.75, 3.05) is 0 Å². The van der Waals surface area contributed by atoms with Gasteiger partial charge in [-0.3, -0.25) is 9.12 Å². The first-order valence-corrected chi connectivity index (χ1v) is 11.9. The van der Waals surface area contributed by atoms with Crippen molar-refractivity contribution in [3.8, 4) is 0 Å². The molecule has 6 nitrogen and oxygen atoms in total. The van der Waals surface area contributed by atoms with Gasteiger partial charge in [-0.15, -0.1) is 0 Å². The van der Waals surface area contributed by atoms with E-state index in [1.54, 1.807) is 0 Å². The Morgan fingerprint density at radius 2 is 1.81 bits per heavy atom. The fourth-order valence-electron chi connectivity index (χ4n) is 2.97. The molecular formula is C19H25O6PS. The van der Waals surface area contributed by atoms with Gasteiger partial charge in [0.1, 0.15) is 0 Å². The van der Waals surface area contributed by atoms with Gasteiger partial charge in [-0.25, -0.2) is 0 Å². The first-order valence-electron chi connectivity index (χ1n) is 8.72. The molecule has 0 saturated heterocycles. The first kappa shape index (κ1) is 21.8. The highest BCUT2D eigenvalue weighted by Gasteiger charge is 2.38. The SMILES string of the molecule is C/C(=C\CCCC(P(=O)(O)O)S(=O)(=O)O)CCc1ccc2ccccc2c1. The second-order valence-corrected chi connectivity index (χ2v) is 10.5.